The van der Waals surface area contributed by atoms with Crippen LogP contribution < -0.4 is 0 Å². The van der Waals surface area contributed by atoms with Crippen molar-refractivity contribution in [1.29, 1.82) is 0 Å². The molecule has 4 nitrogen and oxygen atoms in total. The van der Waals surface area contributed by atoms with Crippen LogP contribution in [0.25, 0.3) is 0 Å². The van der Waals surface area contributed by atoms with Gasteiger partial charge in [-0.3, -0.25) is 9.59 Å². The fourth-order valence-electron chi connectivity index (χ4n) is 15.7. The Labute approximate surface area is 311 Å². The number of hydrogen-bond donors (Lipinski definition) is 2. The minimum atomic E-state index is -1.03. The first-order chi connectivity index (χ1) is 24.7. The highest BCUT2D eigenvalue weighted by Gasteiger charge is 2.66. The monoisotopic (exact) mass is 698 g/mol. The number of allylic oxidation sites excluding steroid dienone is 2. The average Bonchev–Trinajstić information content (AvgIpc) is 3.57. The maximum Gasteiger partial charge on any atom is 0.156 e. The van der Waals surface area contributed by atoms with Crippen molar-refractivity contribution in [1.82, 2.24) is 0 Å². The van der Waals surface area contributed by atoms with Crippen molar-refractivity contribution in [3.05, 3.63) is 58.7 Å². The predicted octanol–water partition coefficient (Wildman–Crippen LogP) is 8.87. The molecule has 0 radical (unpaired) electrons. The van der Waals surface area contributed by atoms with E-state index >= 15 is 0 Å². The fourth-order valence-corrected chi connectivity index (χ4v) is 15.7. The Balaban J connectivity index is 1.04. The smallest absolute Gasteiger partial charge is 0.156 e. The van der Waals surface area contributed by atoms with Crippen LogP contribution in [0.2, 0.25) is 0 Å². The van der Waals surface area contributed by atoms with E-state index < -0.39 is 11.2 Å². The molecule has 274 valence electrons. The van der Waals surface area contributed by atoms with E-state index in [0.717, 1.165) is 64.2 Å². The molecule has 0 spiro atoms. The summed E-state index contributed by atoms with van der Waals surface area (Å²) in [7, 11) is 0. The quantitative estimate of drug-likeness (QED) is 0.303. The zero-order valence-corrected chi connectivity index (χ0v) is 31.8. The lowest BCUT2D eigenvalue weighted by atomic mass is 9.43. The Hall–Kier alpha value is -2.92. The van der Waals surface area contributed by atoms with E-state index in [1.165, 1.54) is 22.3 Å². The number of carbonyl (C=O) groups excluding carboxylic acids is 2. The van der Waals surface area contributed by atoms with Gasteiger partial charge in [0.25, 0.3) is 0 Å². The molecule has 0 saturated heterocycles. The highest BCUT2D eigenvalue weighted by atomic mass is 16.3. The molecule has 8 aliphatic rings. The molecule has 0 amide bonds. The second kappa shape index (κ2) is 11.3. The maximum absolute atomic E-state index is 13.4. The fraction of sp³-hybridized carbons (Fsp3) is 0.667. The van der Waals surface area contributed by atoms with E-state index in [9.17, 15) is 19.8 Å². The van der Waals surface area contributed by atoms with Gasteiger partial charge in [-0.1, -0.05) is 74.9 Å². The summed E-state index contributed by atoms with van der Waals surface area (Å²) in [6.45, 7) is 9.40. The van der Waals surface area contributed by atoms with Gasteiger partial charge in [0.1, 0.15) is 11.2 Å². The van der Waals surface area contributed by atoms with Gasteiger partial charge in [-0.25, -0.2) is 0 Å². The van der Waals surface area contributed by atoms with Gasteiger partial charge in [-0.2, -0.15) is 0 Å². The first-order valence-corrected chi connectivity index (χ1v) is 20.6. The highest BCUT2D eigenvalue weighted by molar-refractivity contribution is 5.93. The van der Waals surface area contributed by atoms with E-state index in [-0.39, 0.29) is 45.1 Å². The van der Waals surface area contributed by atoms with Crippen molar-refractivity contribution >= 4 is 11.6 Å². The molecule has 1 aromatic carbocycles. The number of fused-ring (bicyclic) bond motifs is 10. The molecule has 0 bridgehead atoms. The number of aliphatic hydroxyl groups is 2. The third kappa shape index (κ3) is 4.27. The summed E-state index contributed by atoms with van der Waals surface area (Å²) in [5, 5.41) is 23.1. The highest BCUT2D eigenvalue weighted by Crippen LogP contribution is 2.71. The summed E-state index contributed by atoms with van der Waals surface area (Å²) in [6, 6.07) is 9.22. The van der Waals surface area contributed by atoms with Crippen LogP contribution >= 0.6 is 0 Å². The molecule has 0 aliphatic heterocycles. The third-order valence-electron chi connectivity index (χ3n) is 18.7. The zero-order valence-electron chi connectivity index (χ0n) is 31.8. The van der Waals surface area contributed by atoms with Gasteiger partial charge in [0, 0.05) is 35.5 Å². The maximum atomic E-state index is 13.4. The van der Waals surface area contributed by atoms with Crippen LogP contribution in [0, 0.1) is 81.9 Å². The molecule has 9 rings (SSSR count). The Morgan fingerprint density at radius 2 is 0.942 bits per heavy atom. The molecule has 0 aromatic heterocycles. The van der Waals surface area contributed by atoms with Gasteiger partial charge in [0.15, 0.2) is 11.6 Å². The second-order valence-corrected chi connectivity index (χ2v) is 19.8. The topological polar surface area (TPSA) is 74.6 Å². The summed E-state index contributed by atoms with van der Waals surface area (Å²) in [5.41, 5.74) is 2.34. The van der Waals surface area contributed by atoms with E-state index in [1.807, 2.05) is 12.2 Å². The molecule has 6 fully saturated rings. The van der Waals surface area contributed by atoms with E-state index in [0.29, 0.717) is 61.2 Å². The zero-order chi connectivity index (χ0) is 36.6. The first kappa shape index (κ1) is 34.8. The second-order valence-electron chi connectivity index (χ2n) is 19.8. The number of rotatable bonds is 2. The van der Waals surface area contributed by atoms with Crippen LogP contribution in [-0.2, 0) is 9.59 Å². The van der Waals surface area contributed by atoms with Crippen LogP contribution in [0.5, 0.6) is 0 Å². The number of hydrogen-bond acceptors (Lipinski definition) is 4. The van der Waals surface area contributed by atoms with Crippen LogP contribution in [0.1, 0.15) is 141 Å². The predicted molar refractivity (Wildman–Crippen MR) is 204 cm³/mol. The van der Waals surface area contributed by atoms with Crippen LogP contribution in [0.4, 0.5) is 0 Å². The molecule has 2 N–H and O–H groups in total. The lowest BCUT2D eigenvalue weighted by molar-refractivity contribution is -0.122. The summed E-state index contributed by atoms with van der Waals surface area (Å²) in [5.74, 6) is 9.02. The van der Waals surface area contributed by atoms with Crippen molar-refractivity contribution in [2.45, 2.75) is 141 Å². The van der Waals surface area contributed by atoms with Crippen molar-refractivity contribution in [2.24, 2.45) is 57.2 Å². The molecule has 14 atom stereocenters. The van der Waals surface area contributed by atoms with E-state index in [4.69, 9.17) is 12.8 Å². The minimum absolute atomic E-state index is 0.102. The number of ketones is 2. The summed E-state index contributed by atoms with van der Waals surface area (Å²) >= 11 is 0. The van der Waals surface area contributed by atoms with Crippen LogP contribution in [0.15, 0.2) is 47.6 Å². The molecule has 4 heteroatoms. The molecule has 6 saturated carbocycles. The summed E-state index contributed by atoms with van der Waals surface area (Å²) in [6.07, 6.45) is 28.3. The average molecular weight is 699 g/mol. The first-order valence-electron chi connectivity index (χ1n) is 20.6. The standard InChI is InChI=1S/C48H58O4/c1-7-47(51)23-19-37-35-15-13-31-25-33(49)27-41(45(31,5)39(35)17-21-43(37,47)3)29-9-11-30(12-10-29)42-28-34(50)26-32-14-16-36-38-20-24-48(52,8-2)44(38,4)22-18-40(36)46(32,42)6/h1-2,9-12,25-26,35-42,51-52H,13-24,27-28H2,3-6H3/t35-,36-,37-,38-,39-,40-,41?,42?,43-,44-,45-,46-,47-,48-/m0/s1. The van der Waals surface area contributed by atoms with Crippen LogP contribution in [-0.4, -0.2) is 33.0 Å². The summed E-state index contributed by atoms with van der Waals surface area (Å²) < 4.78 is 0. The molecule has 8 aliphatic carbocycles. The molecular weight excluding hydrogens is 641 g/mol. The van der Waals surface area contributed by atoms with E-state index in [1.54, 1.807) is 0 Å². The van der Waals surface area contributed by atoms with Crippen molar-refractivity contribution in [3.8, 4) is 24.7 Å². The Kier molecular flexibility index (Phi) is 7.57. The minimum Gasteiger partial charge on any atom is -0.377 e. The molecule has 2 unspecified atom stereocenters. The van der Waals surface area contributed by atoms with Gasteiger partial charge >= 0.3 is 0 Å². The number of terminal acetylenes is 2. The molecule has 0 heterocycles. The lowest BCUT2D eigenvalue weighted by Crippen LogP contribution is -2.55. The SMILES string of the molecule is C#C[C@]1(O)CC[C@H]2[C@@H]3CCC4=CC(=O)CC(c5ccc(C6CC(=O)C=C7CC[C@H]8[C@@H]9CC[C@@](O)(C#C)[C@@]9(C)CC[C@@H]8[C@]76C)cc5)[C@]4(C)[C@H]3CC[C@@]21C. The van der Waals surface area contributed by atoms with Gasteiger partial charge in [-0.05, 0) is 147 Å². The Bertz CT molecular complexity index is 1740. The lowest BCUT2D eigenvalue weighted by Gasteiger charge is -2.61. The van der Waals surface area contributed by atoms with Crippen LogP contribution in [0.3, 0.4) is 0 Å². The van der Waals surface area contributed by atoms with Crippen molar-refractivity contribution < 1.29 is 19.8 Å². The van der Waals surface area contributed by atoms with Gasteiger partial charge in [0.2, 0.25) is 0 Å². The molecular formula is C48H58O4. The number of carbonyl (C=O) groups is 2. The molecule has 52 heavy (non-hydrogen) atoms. The van der Waals surface area contributed by atoms with Crippen molar-refractivity contribution in [2.75, 3.05) is 0 Å². The van der Waals surface area contributed by atoms with E-state index in [2.05, 4.69) is 63.8 Å². The Morgan fingerprint density at radius 1 is 0.577 bits per heavy atom. The normalized spacial score (nSPS) is 50.5. The Morgan fingerprint density at radius 3 is 1.31 bits per heavy atom. The largest absolute Gasteiger partial charge is 0.377 e. The van der Waals surface area contributed by atoms with Gasteiger partial charge in [-0.15, -0.1) is 12.8 Å². The molecule has 1 aromatic rings. The van der Waals surface area contributed by atoms with Gasteiger partial charge < -0.3 is 10.2 Å². The summed E-state index contributed by atoms with van der Waals surface area (Å²) in [4.78, 5) is 26.8. The third-order valence-corrected chi connectivity index (χ3v) is 18.7. The van der Waals surface area contributed by atoms with Gasteiger partial charge in [0.05, 0.1) is 0 Å². The number of benzene rings is 1. The van der Waals surface area contributed by atoms with Crippen molar-refractivity contribution in [3.63, 3.8) is 0 Å².